The van der Waals surface area contributed by atoms with Crippen molar-refractivity contribution in [3.05, 3.63) is 34.3 Å². The molecular weight excluding hydrogens is 255 g/mol. The molecule has 1 aromatic heterocycles. The van der Waals surface area contributed by atoms with Gasteiger partial charge in [-0.1, -0.05) is 20.8 Å². The molecule has 0 bridgehead atoms. The third-order valence-corrected chi connectivity index (χ3v) is 5.23. The fourth-order valence-electron chi connectivity index (χ4n) is 1.60. The molecule has 1 aromatic rings. The maximum Gasteiger partial charge on any atom is 1.00 e. The van der Waals surface area contributed by atoms with Crippen molar-refractivity contribution >= 4 is 30.1 Å². The van der Waals surface area contributed by atoms with Crippen molar-refractivity contribution in [1.82, 2.24) is 10.3 Å². The molecule has 0 aromatic carbocycles. The van der Waals surface area contributed by atoms with Gasteiger partial charge in [0.1, 0.15) is 0 Å². The molecule has 0 amide bonds. The van der Waals surface area contributed by atoms with E-state index in [9.17, 15) is 0 Å². The monoisotopic (exact) mass is 272 g/mol. The Morgan fingerprint density at radius 1 is 1.28 bits per heavy atom. The molecule has 2 nitrogen and oxygen atoms in total. The number of pyridine rings is 1. The molecular formula is C13H17LiN2S2. The maximum absolute atomic E-state index is 5.48. The molecule has 0 radical (unpaired) electrons. The third-order valence-electron chi connectivity index (χ3n) is 3.26. The van der Waals surface area contributed by atoms with Gasteiger partial charge in [-0.25, -0.2) is 0 Å². The van der Waals surface area contributed by atoms with Crippen LogP contribution < -0.4 is 24.2 Å². The third kappa shape index (κ3) is 2.88. The SMILES string of the molecule is CC(C)(C)C1(C)NC(c2ccncc2)=C([S-])S1.[Li+]. The largest absolute Gasteiger partial charge is 1.00 e. The minimum atomic E-state index is -0.0529. The molecule has 1 aliphatic rings. The van der Waals surface area contributed by atoms with Crippen LogP contribution in [0.2, 0.25) is 0 Å². The van der Waals surface area contributed by atoms with E-state index in [0.29, 0.717) is 0 Å². The van der Waals surface area contributed by atoms with Crippen molar-refractivity contribution in [2.45, 2.75) is 32.6 Å². The van der Waals surface area contributed by atoms with E-state index in [-0.39, 0.29) is 29.1 Å². The van der Waals surface area contributed by atoms with Crippen molar-refractivity contribution in [1.29, 1.82) is 0 Å². The summed E-state index contributed by atoms with van der Waals surface area (Å²) in [5, 5.41) is 3.58. The van der Waals surface area contributed by atoms with Crippen LogP contribution in [-0.2, 0) is 12.6 Å². The summed E-state index contributed by atoms with van der Waals surface area (Å²) in [4.78, 5) is 3.98. The Morgan fingerprint density at radius 2 is 1.83 bits per heavy atom. The van der Waals surface area contributed by atoms with Crippen molar-refractivity contribution < 1.29 is 18.9 Å². The van der Waals surface area contributed by atoms with Crippen LogP contribution in [0.3, 0.4) is 0 Å². The van der Waals surface area contributed by atoms with E-state index >= 15 is 0 Å². The number of thioether (sulfide) groups is 1. The zero-order valence-corrected chi connectivity index (χ0v) is 13.2. The van der Waals surface area contributed by atoms with E-state index in [4.69, 9.17) is 12.6 Å². The van der Waals surface area contributed by atoms with Gasteiger partial charge >= 0.3 is 18.9 Å². The van der Waals surface area contributed by atoms with Crippen LogP contribution in [0.5, 0.6) is 0 Å². The van der Waals surface area contributed by atoms with Crippen molar-refractivity contribution in [3.63, 3.8) is 0 Å². The number of nitrogens with one attached hydrogen (secondary N) is 1. The zero-order valence-electron chi connectivity index (χ0n) is 11.6. The van der Waals surface area contributed by atoms with Gasteiger partial charge in [-0.3, -0.25) is 4.98 Å². The number of nitrogens with zero attached hydrogens (tertiary/aromatic N) is 1. The van der Waals surface area contributed by atoms with Gasteiger partial charge in [0.05, 0.1) is 4.87 Å². The average molecular weight is 272 g/mol. The van der Waals surface area contributed by atoms with E-state index in [1.165, 1.54) is 0 Å². The molecule has 5 heteroatoms. The Morgan fingerprint density at radius 3 is 2.28 bits per heavy atom. The molecule has 92 valence electrons. The molecule has 2 rings (SSSR count). The Balaban J connectivity index is 0.00000162. The molecule has 0 spiro atoms. The fraction of sp³-hybridized carbons (Fsp3) is 0.462. The van der Waals surface area contributed by atoms with Gasteiger partial charge in [-0.05, 0) is 30.0 Å². The molecule has 1 N–H and O–H groups in total. The second-order valence-electron chi connectivity index (χ2n) is 5.41. The van der Waals surface area contributed by atoms with Crippen LogP contribution in [0.4, 0.5) is 0 Å². The minimum Gasteiger partial charge on any atom is -0.771 e. The molecule has 1 atom stereocenters. The van der Waals surface area contributed by atoms with Crippen LogP contribution in [0, 0.1) is 5.41 Å². The Bertz CT molecular complexity index is 454. The molecule has 18 heavy (non-hydrogen) atoms. The molecule has 2 heterocycles. The number of rotatable bonds is 1. The second kappa shape index (κ2) is 5.46. The predicted octanol–water partition coefficient (Wildman–Crippen LogP) is 0.357. The summed E-state index contributed by atoms with van der Waals surface area (Å²) in [6, 6.07) is 3.98. The Labute approximate surface area is 131 Å². The zero-order chi connectivity index (χ0) is 12.7. The summed E-state index contributed by atoms with van der Waals surface area (Å²) in [5.74, 6) is 0. The number of hydrogen-bond donors (Lipinski definition) is 1. The van der Waals surface area contributed by atoms with Gasteiger partial charge in [-0.2, -0.15) is 0 Å². The summed E-state index contributed by atoms with van der Waals surface area (Å²) in [6.07, 6.45) is 3.59. The van der Waals surface area contributed by atoms with E-state index < -0.39 is 0 Å². The van der Waals surface area contributed by atoms with E-state index in [1.807, 2.05) is 12.1 Å². The van der Waals surface area contributed by atoms with Gasteiger partial charge in [0, 0.05) is 18.1 Å². The van der Waals surface area contributed by atoms with Crippen molar-refractivity contribution in [2.24, 2.45) is 5.41 Å². The van der Waals surface area contributed by atoms with Crippen LogP contribution >= 0.6 is 11.8 Å². The molecule has 1 aliphatic heterocycles. The van der Waals surface area contributed by atoms with Gasteiger partial charge in [0.2, 0.25) is 0 Å². The van der Waals surface area contributed by atoms with Crippen molar-refractivity contribution in [2.75, 3.05) is 0 Å². The quantitative estimate of drug-likeness (QED) is 0.589. The normalized spacial score (nSPS) is 23.6. The average Bonchev–Trinajstić information content (AvgIpc) is 2.56. The van der Waals surface area contributed by atoms with Gasteiger partial charge in [0.25, 0.3) is 0 Å². The van der Waals surface area contributed by atoms with E-state index in [1.54, 1.807) is 24.2 Å². The van der Waals surface area contributed by atoms with Gasteiger partial charge < -0.3 is 17.9 Å². The molecule has 0 fully saturated rings. The molecule has 1 unspecified atom stereocenters. The van der Waals surface area contributed by atoms with Gasteiger partial charge in [-0.15, -0.1) is 16.0 Å². The summed E-state index contributed by atoms with van der Waals surface area (Å²) in [7, 11) is 0. The standard InChI is InChI=1S/C13H18N2S2.Li/c1-12(2,3)13(4)15-10(11(16)17-13)9-5-7-14-8-6-9;/h5-8,15-16H,1-4H3;/q;+1/p-1. The van der Waals surface area contributed by atoms with Crippen LogP contribution in [-0.4, -0.2) is 9.85 Å². The fourth-order valence-corrected chi connectivity index (χ4v) is 3.37. The van der Waals surface area contributed by atoms with E-state index in [2.05, 4.69) is 38.0 Å². The minimum absolute atomic E-state index is 0. The first-order valence-electron chi connectivity index (χ1n) is 5.62. The molecule has 0 saturated carbocycles. The first-order chi connectivity index (χ1) is 7.83. The maximum atomic E-state index is 5.48. The first-order valence-corrected chi connectivity index (χ1v) is 6.85. The summed E-state index contributed by atoms with van der Waals surface area (Å²) in [6.45, 7) is 8.89. The summed E-state index contributed by atoms with van der Waals surface area (Å²) >= 11 is 7.22. The number of hydrogen-bond acceptors (Lipinski definition) is 4. The van der Waals surface area contributed by atoms with Gasteiger partial charge in [0.15, 0.2) is 0 Å². The number of aromatic nitrogens is 1. The second-order valence-corrected chi connectivity index (χ2v) is 7.50. The summed E-state index contributed by atoms with van der Waals surface area (Å²) < 4.78 is 0.939. The smallest absolute Gasteiger partial charge is 0.771 e. The Kier molecular flexibility index (Phi) is 4.83. The molecule has 0 saturated heterocycles. The van der Waals surface area contributed by atoms with E-state index in [0.717, 1.165) is 15.5 Å². The van der Waals surface area contributed by atoms with Crippen LogP contribution in [0.25, 0.3) is 5.70 Å². The van der Waals surface area contributed by atoms with Crippen molar-refractivity contribution in [3.8, 4) is 0 Å². The first kappa shape index (κ1) is 15.9. The topological polar surface area (TPSA) is 24.9 Å². The molecule has 0 aliphatic carbocycles. The Hall–Kier alpha value is -0.143. The van der Waals surface area contributed by atoms with Crippen LogP contribution in [0.1, 0.15) is 33.3 Å². The van der Waals surface area contributed by atoms with Crippen LogP contribution in [0.15, 0.2) is 28.8 Å². The summed E-state index contributed by atoms with van der Waals surface area (Å²) in [5.41, 5.74) is 2.31. The predicted molar refractivity (Wildman–Crippen MR) is 77.1 cm³/mol.